The lowest BCUT2D eigenvalue weighted by Crippen LogP contribution is -3.00. The van der Waals surface area contributed by atoms with E-state index >= 15 is 0 Å². The van der Waals surface area contributed by atoms with Gasteiger partial charge in [0.2, 0.25) is 0 Å². The molecule has 1 saturated heterocycles. The number of piperidine rings is 1. The molecule has 1 aliphatic heterocycles. The standard InChI is InChI=1S/C9H20NO3P.ClH/c1-3-12-14(11,13-4-2)9-5-7-10-8-6-9;/h9-10H,3-8H2,1-2H3;1H. The molecule has 0 atom stereocenters. The zero-order chi connectivity index (χ0) is 10.4. The highest BCUT2D eigenvalue weighted by molar-refractivity contribution is 7.54. The minimum Gasteiger partial charge on any atom is -1.00 e. The molecule has 15 heavy (non-hydrogen) atoms. The molecule has 0 saturated carbocycles. The predicted molar refractivity (Wildman–Crippen MR) is 55.5 cm³/mol. The van der Waals surface area contributed by atoms with Crippen LogP contribution in [0.3, 0.4) is 0 Å². The van der Waals surface area contributed by atoms with Crippen molar-refractivity contribution in [2.75, 3.05) is 26.3 Å². The van der Waals surface area contributed by atoms with Crippen LogP contribution in [0.15, 0.2) is 0 Å². The maximum atomic E-state index is 12.3. The molecular formula is C9H21ClNO3P. The van der Waals surface area contributed by atoms with E-state index in [4.69, 9.17) is 9.05 Å². The van der Waals surface area contributed by atoms with E-state index in [0.29, 0.717) is 13.2 Å². The quantitative estimate of drug-likeness (QED) is 0.579. The number of rotatable bonds is 5. The van der Waals surface area contributed by atoms with Crippen LogP contribution >= 0.6 is 7.60 Å². The number of hydrogen-bond donors (Lipinski definition) is 1. The smallest absolute Gasteiger partial charge is 0.334 e. The van der Waals surface area contributed by atoms with Crippen LogP contribution in [0.4, 0.5) is 0 Å². The third kappa shape index (κ3) is 4.41. The Morgan fingerprint density at radius 1 is 1.20 bits per heavy atom. The lowest BCUT2D eigenvalue weighted by atomic mass is 10.2. The molecule has 1 fully saturated rings. The molecule has 0 aromatic rings. The van der Waals surface area contributed by atoms with Crippen molar-refractivity contribution in [3.05, 3.63) is 0 Å². The fraction of sp³-hybridized carbons (Fsp3) is 1.00. The molecule has 1 aliphatic rings. The van der Waals surface area contributed by atoms with E-state index in [-0.39, 0.29) is 18.1 Å². The summed E-state index contributed by atoms with van der Waals surface area (Å²) >= 11 is 0. The average molecular weight is 258 g/mol. The maximum absolute atomic E-state index is 12.3. The molecule has 1 heterocycles. The van der Waals surface area contributed by atoms with Gasteiger partial charge in [0.1, 0.15) is 0 Å². The highest BCUT2D eigenvalue weighted by Crippen LogP contribution is 2.55. The molecular weight excluding hydrogens is 237 g/mol. The fourth-order valence-electron chi connectivity index (χ4n) is 1.83. The van der Waals surface area contributed by atoms with E-state index in [2.05, 4.69) is 5.32 Å². The Labute approximate surface area is 98.0 Å². The Morgan fingerprint density at radius 3 is 2.07 bits per heavy atom. The summed E-state index contributed by atoms with van der Waals surface area (Å²) in [6.45, 7) is 6.74. The van der Waals surface area contributed by atoms with Gasteiger partial charge in [-0.25, -0.2) is 0 Å². The zero-order valence-electron chi connectivity index (χ0n) is 9.45. The Kier molecular flexibility index (Phi) is 7.84. The van der Waals surface area contributed by atoms with E-state index in [1.807, 2.05) is 13.8 Å². The van der Waals surface area contributed by atoms with Gasteiger partial charge in [-0.1, -0.05) is 0 Å². The molecule has 4 nitrogen and oxygen atoms in total. The first kappa shape index (κ1) is 15.4. The first-order valence-electron chi connectivity index (χ1n) is 5.43. The summed E-state index contributed by atoms with van der Waals surface area (Å²) in [4.78, 5) is 0. The second-order valence-corrected chi connectivity index (χ2v) is 5.80. The molecule has 0 bridgehead atoms. The summed E-state index contributed by atoms with van der Waals surface area (Å²) in [6, 6.07) is 0. The van der Waals surface area contributed by atoms with Crippen LogP contribution < -0.4 is 17.7 Å². The van der Waals surface area contributed by atoms with Crippen molar-refractivity contribution in [3.63, 3.8) is 0 Å². The highest BCUT2D eigenvalue weighted by atomic mass is 35.5. The van der Waals surface area contributed by atoms with Crippen LogP contribution in [0.5, 0.6) is 0 Å². The van der Waals surface area contributed by atoms with E-state index in [9.17, 15) is 4.57 Å². The highest BCUT2D eigenvalue weighted by Gasteiger charge is 2.37. The van der Waals surface area contributed by atoms with Crippen molar-refractivity contribution < 1.29 is 31.3 Å². The van der Waals surface area contributed by atoms with Crippen molar-refractivity contribution in [1.82, 2.24) is 0 Å². The molecule has 2 N–H and O–H groups in total. The molecule has 0 aliphatic carbocycles. The third-order valence-corrected chi connectivity index (χ3v) is 5.12. The average Bonchev–Trinajstić information content (AvgIpc) is 2.20. The molecule has 0 radical (unpaired) electrons. The van der Waals surface area contributed by atoms with Gasteiger partial charge in [0.25, 0.3) is 0 Å². The molecule has 0 unspecified atom stereocenters. The largest absolute Gasteiger partial charge is 1.00 e. The van der Waals surface area contributed by atoms with Gasteiger partial charge < -0.3 is 26.8 Å². The van der Waals surface area contributed by atoms with Crippen molar-refractivity contribution in [3.8, 4) is 0 Å². The topological polar surface area (TPSA) is 52.1 Å². The van der Waals surface area contributed by atoms with Gasteiger partial charge in [-0.2, -0.15) is 0 Å². The summed E-state index contributed by atoms with van der Waals surface area (Å²) in [5.74, 6) is 0. The van der Waals surface area contributed by atoms with Crippen LogP contribution in [0.2, 0.25) is 0 Å². The van der Waals surface area contributed by atoms with E-state index in [0.717, 1.165) is 25.9 Å². The summed E-state index contributed by atoms with van der Waals surface area (Å²) in [6.07, 6.45) is 1.88. The second kappa shape index (κ2) is 7.64. The van der Waals surface area contributed by atoms with Crippen LogP contribution in [0.1, 0.15) is 26.7 Å². The van der Waals surface area contributed by atoms with Crippen molar-refractivity contribution in [2.45, 2.75) is 32.3 Å². The minimum absolute atomic E-state index is 0. The lowest BCUT2D eigenvalue weighted by molar-refractivity contribution is -0.661. The molecule has 6 heteroatoms. The minimum atomic E-state index is -2.81. The van der Waals surface area contributed by atoms with Crippen molar-refractivity contribution in [1.29, 1.82) is 0 Å². The maximum Gasteiger partial charge on any atom is 0.334 e. The Bertz CT molecular complexity index is 200. The predicted octanol–water partition coefficient (Wildman–Crippen LogP) is -2.02. The number of quaternary nitrogens is 1. The van der Waals surface area contributed by atoms with E-state index < -0.39 is 7.60 Å². The summed E-state index contributed by atoms with van der Waals surface area (Å²) in [5.41, 5.74) is 0.118. The number of hydrogen-bond acceptors (Lipinski definition) is 3. The van der Waals surface area contributed by atoms with Crippen molar-refractivity contribution in [2.24, 2.45) is 0 Å². The van der Waals surface area contributed by atoms with Gasteiger partial charge in [-0.15, -0.1) is 0 Å². The van der Waals surface area contributed by atoms with E-state index in [1.165, 1.54) is 0 Å². The van der Waals surface area contributed by atoms with Crippen LogP contribution in [0.25, 0.3) is 0 Å². The first-order valence-corrected chi connectivity index (χ1v) is 7.04. The Morgan fingerprint density at radius 2 is 1.67 bits per heavy atom. The van der Waals surface area contributed by atoms with Gasteiger partial charge in [-0.3, -0.25) is 4.57 Å². The van der Waals surface area contributed by atoms with Gasteiger partial charge in [0.15, 0.2) is 0 Å². The molecule has 0 amide bonds. The normalized spacial score (nSPS) is 18.5. The first-order chi connectivity index (χ1) is 6.73. The van der Waals surface area contributed by atoms with Gasteiger partial charge in [0.05, 0.1) is 32.0 Å². The van der Waals surface area contributed by atoms with Gasteiger partial charge >= 0.3 is 7.60 Å². The fourth-order valence-corrected chi connectivity index (χ4v) is 3.98. The summed E-state index contributed by atoms with van der Waals surface area (Å²) in [5, 5.41) is 2.25. The third-order valence-electron chi connectivity index (χ3n) is 2.47. The molecule has 0 aromatic heterocycles. The summed E-state index contributed by atoms with van der Waals surface area (Å²) in [7, 11) is -2.81. The lowest BCUT2D eigenvalue weighted by Gasteiger charge is -2.27. The number of halogens is 1. The van der Waals surface area contributed by atoms with Crippen LogP contribution in [-0.4, -0.2) is 32.0 Å². The van der Waals surface area contributed by atoms with Gasteiger partial charge in [-0.05, 0) is 13.8 Å². The molecule has 1 rings (SSSR count). The SMILES string of the molecule is CCOP(=O)(OCC)C1CC[NH2+]CC1.[Cl-]. The molecule has 0 aromatic carbocycles. The summed E-state index contributed by atoms with van der Waals surface area (Å²) < 4.78 is 23.0. The Hall–Kier alpha value is 0.400. The zero-order valence-corrected chi connectivity index (χ0v) is 11.1. The van der Waals surface area contributed by atoms with Crippen molar-refractivity contribution >= 4 is 7.60 Å². The van der Waals surface area contributed by atoms with Gasteiger partial charge in [0, 0.05) is 12.8 Å². The monoisotopic (exact) mass is 257 g/mol. The number of nitrogens with two attached hydrogens (primary N) is 1. The van der Waals surface area contributed by atoms with E-state index in [1.54, 1.807) is 0 Å². The van der Waals surface area contributed by atoms with Crippen LogP contribution in [-0.2, 0) is 13.6 Å². The Balaban J connectivity index is 0.00000196. The second-order valence-electron chi connectivity index (χ2n) is 3.47. The molecule has 92 valence electrons. The molecule has 0 spiro atoms. The van der Waals surface area contributed by atoms with Crippen LogP contribution in [0, 0.1) is 0 Å².